The van der Waals surface area contributed by atoms with E-state index in [1.54, 1.807) is 0 Å². The highest BCUT2D eigenvalue weighted by atomic mass is 14.9. The highest BCUT2D eigenvalue weighted by Crippen LogP contribution is 2.32. The topological polar surface area (TPSA) is 12.4 Å². The Hall–Kier alpha value is -1.63. The number of aliphatic imine (C=N–C) groups is 1. The van der Waals surface area contributed by atoms with Gasteiger partial charge >= 0.3 is 0 Å². The van der Waals surface area contributed by atoms with E-state index in [-0.39, 0.29) is 5.54 Å². The van der Waals surface area contributed by atoms with Crippen LogP contribution in [0.25, 0.3) is 10.8 Å². The number of hydrogen-bond acceptors (Lipinski definition) is 1. The van der Waals surface area contributed by atoms with E-state index in [9.17, 15) is 0 Å². The van der Waals surface area contributed by atoms with Crippen molar-refractivity contribution in [3.05, 3.63) is 47.5 Å². The van der Waals surface area contributed by atoms with Crippen molar-refractivity contribution < 1.29 is 0 Å². The monoisotopic (exact) mass is 223 g/mol. The van der Waals surface area contributed by atoms with Crippen molar-refractivity contribution in [3.63, 3.8) is 0 Å². The van der Waals surface area contributed by atoms with Crippen LogP contribution in [0, 0.1) is 0 Å². The van der Waals surface area contributed by atoms with Gasteiger partial charge in [-0.25, -0.2) is 0 Å². The first-order valence-electron chi connectivity index (χ1n) is 6.14. The van der Waals surface area contributed by atoms with Crippen LogP contribution in [0.3, 0.4) is 0 Å². The van der Waals surface area contributed by atoms with Crippen molar-refractivity contribution in [1.29, 1.82) is 0 Å². The molecular formula is C16H17N. The van der Waals surface area contributed by atoms with Crippen LogP contribution in [-0.4, -0.2) is 11.3 Å². The van der Waals surface area contributed by atoms with E-state index in [1.807, 2.05) is 0 Å². The number of fused-ring (bicyclic) bond motifs is 3. The lowest BCUT2D eigenvalue weighted by atomic mass is 9.84. The summed E-state index contributed by atoms with van der Waals surface area (Å²) in [5.74, 6) is 0. The average Bonchev–Trinajstić information content (AvgIpc) is 2.27. The fraction of sp³-hybridized carbons (Fsp3) is 0.312. The molecular weight excluding hydrogens is 206 g/mol. The molecule has 0 aliphatic carbocycles. The molecule has 1 aliphatic heterocycles. The second-order valence-electron chi connectivity index (χ2n) is 5.50. The molecule has 0 saturated carbocycles. The predicted molar refractivity (Wildman–Crippen MR) is 73.9 cm³/mol. The van der Waals surface area contributed by atoms with Gasteiger partial charge in [-0.05, 0) is 49.1 Å². The highest BCUT2D eigenvalue weighted by molar-refractivity contribution is 6.05. The molecule has 0 atom stereocenters. The van der Waals surface area contributed by atoms with Crippen LogP contribution in [-0.2, 0) is 6.42 Å². The molecule has 0 radical (unpaired) electrons. The zero-order valence-electron chi connectivity index (χ0n) is 10.6. The quantitative estimate of drug-likeness (QED) is 0.640. The molecule has 1 nitrogen and oxygen atoms in total. The lowest BCUT2D eigenvalue weighted by Crippen LogP contribution is -2.28. The lowest BCUT2D eigenvalue weighted by Gasteiger charge is -2.29. The molecule has 1 heterocycles. The van der Waals surface area contributed by atoms with Gasteiger partial charge in [0.05, 0.1) is 5.54 Å². The molecule has 0 saturated heterocycles. The van der Waals surface area contributed by atoms with Crippen molar-refractivity contribution in [1.82, 2.24) is 0 Å². The molecule has 0 spiro atoms. The van der Waals surface area contributed by atoms with E-state index < -0.39 is 0 Å². The van der Waals surface area contributed by atoms with Crippen molar-refractivity contribution >= 4 is 16.5 Å². The standard InChI is InChI=1S/C16H17N/c1-11-13-9-8-12-6-4-5-7-14(12)15(13)10-16(2,3)17-11/h4-9H,10H2,1-3H3. The minimum absolute atomic E-state index is 0.0290. The summed E-state index contributed by atoms with van der Waals surface area (Å²) in [4.78, 5) is 4.78. The van der Waals surface area contributed by atoms with E-state index in [1.165, 1.54) is 27.6 Å². The molecule has 1 aliphatic rings. The van der Waals surface area contributed by atoms with Crippen LogP contribution in [0.5, 0.6) is 0 Å². The van der Waals surface area contributed by atoms with Crippen molar-refractivity contribution in [2.45, 2.75) is 32.7 Å². The number of nitrogens with zero attached hydrogens (tertiary/aromatic N) is 1. The molecule has 2 aromatic rings. The smallest absolute Gasteiger partial charge is 0.0596 e. The van der Waals surface area contributed by atoms with Gasteiger partial charge in [0, 0.05) is 5.71 Å². The van der Waals surface area contributed by atoms with Gasteiger partial charge in [0.2, 0.25) is 0 Å². The SMILES string of the molecule is CC1=NC(C)(C)Cc2c1ccc1ccccc21. The van der Waals surface area contributed by atoms with Gasteiger partial charge in [-0.2, -0.15) is 0 Å². The van der Waals surface area contributed by atoms with E-state index in [4.69, 9.17) is 4.99 Å². The molecule has 1 heteroatoms. The van der Waals surface area contributed by atoms with Gasteiger partial charge in [0.1, 0.15) is 0 Å². The molecule has 0 bridgehead atoms. The Balaban J connectivity index is 2.35. The average molecular weight is 223 g/mol. The summed E-state index contributed by atoms with van der Waals surface area (Å²) in [5.41, 5.74) is 3.98. The molecule has 2 aromatic carbocycles. The minimum Gasteiger partial charge on any atom is -0.283 e. The third kappa shape index (κ3) is 1.66. The maximum atomic E-state index is 4.78. The van der Waals surface area contributed by atoms with Gasteiger partial charge in [-0.15, -0.1) is 0 Å². The van der Waals surface area contributed by atoms with Crippen molar-refractivity contribution in [2.75, 3.05) is 0 Å². The van der Waals surface area contributed by atoms with Gasteiger partial charge < -0.3 is 0 Å². The summed E-state index contributed by atoms with van der Waals surface area (Å²) in [6.45, 7) is 6.54. The minimum atomic E-state index is 0.0290. The molecule has 0 unspecified atom stereocenters. The van der Waals surface area contributed by atoms with Gasteiger partial charge in [-0.1, -0.05) is 36.4 Å². The maximum absolute atomic E-state index is 4.78. The molecule has 3 rings (SSSR count). The van der Waals surface area contributed by atoms with Crippen LogP contribution < -0.4 is 0 Å². The fourth-order valence-corrected chi connectivity index (χ4v) is 2.85. The molecule has 0 amide bonds. The summed E-state index contributed by atoms with van der Waals surface area (Å²) >= 11 is 0. The van der Waals surface area contributed by atoms with Gasteiger partial charge in [-0.3, -0.25) is 4.99 Å². The Morgan fingerprint density at radius 2 is 1.82 bits per heavy atom. The second-order valence-corrected chi connectivity index (χ2v) is 5.50. The van der Waals surface area contributed by atoms with Crippen molar-refractivity contribution in [2.24, 2.45) is 4.99 Å². The van der Waals surface area contributed by atoms with Crippen molar-refractivity contribution in [3.8, 4) is 0 Å². The zero-order valence-corrected chi connectivity index (χ0v) is 10.6. The molecule has 86 valence electrons. The van der Waals surface area contributed by atoms with Crippen LogP contribution in [0.4, 0.5) is 0 Å². The second kappa shape index (κ2) is 3.43. The van der Waals surface area contributed by atoms with Crippen LogP contribution in [0.2, 0.25) is 0 Å². The van der Waals surface area contributed by atoms with Crippen LogP contribution >= 0.6 is 0 Å². The van der Waals surface area contributed by atoms with Crippen LogP contribution in [0.1, 0.15) is 31.9 Å². The summed E-state index contributed by atoms with van der Waals surface area (Å²) < 4.78 is 0. The van der Waals surface area contributed by atoms with Gasteiger partial charge in [0.15, 0.2) is 0 Å². The Morgan fingerprint density at radius 3 is 2.65 bits per heavy atom. The van der Waals surface area contributed by atoms with Gasteiger partial charge in [0.25, 0.3) is 0 Å². The number of hydrogen-bond donors (Lipinski definition) is 0. The van der Waals surface area contributed by atoms with E-state index in [0.717, 1.165) is 6.42 Å². The van der Waals surface area contributed by atoms with E-state index in [0.29, 0.717) is 0 Å². The summed E-state index contributed by atoms with van der Waals surface area (Å²) in [5, 5.41) is 2.71. The summed E-state index contributed by atoms with van der Waals surface area (Å²) in [6, 6.07) is 13.0. The third-order valence-electron chi connectivity index (χ3n) is 3.51. The molecule has 0 fully saturated rings. The Labute approximate surface area is 102 Å². The Kier molecular flexibility index (Phi) is 2.12. The lowest BCUT2D eigenvalue weighted by molar-refractivity contribution is 0.515. The number of benzene rings is 2. The first kappa shape index (κ1) is 10.5. The fourth-order valence-electron chi connectivity index (χ4n) is 2.85. The zero-order chi connectivity index (χ0) is 12.0. The molecule has 0 N–H and O–H groups in total. The highest BCUT2D eigenvalue weighted by Gasteiger charge is 2.25. The van der Waals surface area contributed by atoms with E-state index in [2.05, 4.69) is 57.2 Å². The predicted octanol–water partition coefficient (Wildman–Crippen LogP) is 3.98. The van der Waals surface area contributed by atoms with E-state index >= 15 is 0 Å². The normalized spacial score (nSPS) is 17.7. The molecule has 17 heavy (non-hydrogen) atoms. The first-order chi connectivity index (χ1) is 8.07. The summed E-state index contributed by atoms with van der Waals surface area (Å²) in [6.07, 6.45) is 1.03. The Morgan fingerprint density at radius 1 is 1.06 bits per heavy atom. The molecule has 0 aromatic heterocycles. The first-order valence-corrected chi connectivity index (χ1v) is 6.14. The largest absolute Gasteiger partial charge is 0.283 e. The maximum Gasteiger partial charge on any atom is 0.0596 e. The summed E-state index contributed by atoms with van der Waals surface area (Å²) in [7, 11) is 0. The van der Waals surface area contributed by atoms with Crippen LogP contribution in [0.15, 0.2) is 41.4 Å². The number of rotatable bonds is 0. The third-order valence-corrected chi connectivity index (χ3v) is 3.51. The Bertz CT molecular complexity index is 620.